The van der Waals surface area contributed by atoms with Crippen molar-refractivity contribution in [1.82, 2.24) is 9.13 Å². The van der Waals surface area contributed by atoms with Crippen molar-refractivity contribution < 1.29 is 9.84 Å². The molecule has 1 N–H and O–H groups in total. The lowest BCUT2D eigenvalue weighted by Gasteiger charge is -2.08. The largest absolute Gasteiger partial charge is 0.495 e. The third-order valence-corrected chi connectivity index (χ3v) is 4.86. The van der Waals surface area contributed by atoms with Gasteiger partial charge in [-0.25, -0.2) is 4.79 Å². The van der Waals surface area contributed by atoms with E-state index in [9.17, 15) is 15.2 Å². The average Bonchev–Trinajstić information content (AvgIpc) is 2.93. The maximum atomic E-state index is 13.0. The number of benzene rings is 2. The first kappa shape index (κ1) is 19.0. The lowest BCUT2D eigenvalue weighted by molar-refractivity contribution is 0.150. The van der Waals surface area contributed by atoms with Gasteiger partial charge in [0.1, 0.15) is 5.75 Å². The molecular formula is C20H20ClN3O3. The fourth-order valence-corrected chi connectivity index (χ4v) is 3.33. The normalized spacial score (nSPS) is 12.1. The summed E-state index contributed by atoms with van der Waals surface area (Å²) < 4.78 is 8.31. The summed E-state index contributed by atoms with van der Waals surface area (Å²) in [6.45, 7) is 2.36. The number of fused-ring (bicyclic) bond motifs is 1. The van der Waals surface area contributed by atoms with E-state index >= 15 is 0 Å². The summed E-state index contributed by atoms with van der Waals surface area (Å²) in [7, 11) is 1.54. The summed E-state index contributed by atoms with van der Waals surface area (Å²) in [5.41, 5.74) is 2.40. The van der Waals surface area contributed by atoms with Gasteiger partial charge in [0.15, 0.2) is 0 Å². The molecule has 0 amide bonds. The molecule has 0 aliphatic rings. The van der Waals surface area contributed by atoms with Crippen LogP contribution in [0.3, 0.4) is 0 Å². The molecule has 27 heavy (non-hydrogen) atoms. The molecule has 0 aliphatic carbocycles. The van der Waals surface area contributed by atoms with Crippen LogP contribution in [-0.4, -0.2) is 27.5 Å². The summed E-state index contributed by atoms with van der Waals surface area (Å²) in [5, 5.41) is 19.7. The topological polar surface area (TPSA) is 80.2 Å². The van der Waals surface area contributed by atoms with Crippen LogP contribution in [0, 0.1) is 11.3 Å². The number of rotatable bonds is 6. The third kappa shape index (κ3) is 3.70. The Bertz CT molecular complexity index is 1080. The molecule has 1 heterocycles. The number of nitrogens with zero attached hydrogens (tertiary/aromatic N) is 3. The molecule has 1 atom stereocenters. The number of imidazole rings is 1. The number of ether oxygens (including phenoxy) is 1. The molecule has 140 valence electrons. The Kier molecular flexibility index (Phi) is 5.54. The van der Waals surface area contributed by atoms with Crippen molar-refractivity contribution in [3.8, 4) is 11.8 Å². The van der Waals surface area contributed by atoms with Crippen LogP contribution in [-0.2, 0) is 13.1 Å². The molecule has 0 spiro atoms. The minimum absolute atomic E-state index is 0.202. The highest BCUT2D eigenvalue weighted by Gasteiger charge is 2.16. The van der Waals surface area contributed by atoms with Crippen molar-refractivity contribution in [3.63, 3.8) is 0 Å². The molecule has 3 rings (SSSR count). The van der Waals surface area contributed by atoms with Crippen LogP contribution in [0.1, 0.15) is 24.5 Å². The molecule has 6 nitrogen and oxygen atoms in total. The minimum Gasteiger partial charge on any atom is -0.495 e. The first-order valence-corrected chi connectivity index (χ1v) is 9.00. The molecule has 2 aromatic carbocycles. The highest BCUT2D eigenvalue weighted by molar-refractivity contribution is 6.32. The van der Waals surface area contributed by atoms with Crippen molar-refractivity contribution in [1.29, 1.82) is 5.26 Å². The lowest BCUT2D eigenvalue weighted by Crippen LogP contribution is -2.28. The fraction of sp³-hybridized carbons (Fsp3) is 0.300. The van der Waals surface area contributed by atoms with E-state index in [1.807, 2.05) is 13.0 Å². The zero-order valence-corrected chi connectivity index (χ0v) is 15.9. The standard InChI is InChI=1S/C20H20ClN3O3/c1-3-15(25)12-24-17-6-4-13(10-22)9-18(17)23(20(24)26)11-14-5-7-19(27-2)16(21)8-14/h4-9,15,25H,3,11-12H2,1-2H3/t15-/m0/s1. The van der Waals surface area contributed by atoms with Gasteiger partial charge >= 0.3 is 5.69 Å². The maximum absolute atomic E-state index is 13.0. The van der Waals surface area contributed by atoms with Gasteiger partial charge in [-0.3, -0.25) is 9.13 Å². The molecule has 0 bridgehead atoms. The Morgan fingerprint density at radius 3 is 2.63 bits per heavy atom. The number of hydrogen-bond donors (Lipinski definition) is 1. The van der Waals surface area contributed by atoms with Crippen LogP contribution in [0.25, 0.3) is 11.0 Å². The number of halogens is 1. The second-order valence-electron chi connectivity index (χ2n) is 6.33. The van der Waals surface area contributed by atoms with E-state index in [4.69, 9.17) is 16.3 Å². The number of nitriles is 1. The summed E-state index contributed by atoms with van der Waals surface area (Å²) in [4.78, 5) is 13.0. The van der Waals surface area contributed by atoms with E-state index in [2.05, 4.69) is 6.07 Å². The van der Waals surface area contributed by atoms with Crippen LogP contribution in [0.15, 0.2) is 41.2 Å². The first-order valence-electron chi connectivity index (χ1n) is 8.62. The lowest BCUT2D eigenvalue weighted by atomic mass is 10.2. The summed E-state index contributed by atoms with van der Waals surface area (Å²) in [6, 6.07) is 12.6. The third-order valence-electron chi connectivity index (χ3n) is 4.57. The van der Waals surface area contributed by atoms with E-state index in [0.29, 0.717) is 40.3 Å². The van der Waals surface area contributed by atoms with Gasteiger partial charge in [-0.2, -0.15) is 5.26 Å². The van der Waals surface area contributed by atoms with E-state index in [1.54, 1.807) is 46.6 Å². The van der Waals surface area contributed by atoms with Crippen molar-refractivity contribution in [2.75, 3.05) is 7.11 Å². The Labute approximate surface area is 161 Å². The van der Waals surface area contributed by atoms with Crippen molar-refractivity contribution in [2.45, 2.75) is 32.5 Å². The van der Waals surface area contributed by atoms with Crippen molar-refractivity contribution in [3.05, 3.63) is 63.0 Å². The molecular weight excluding hydrogens is 366 g/mol. The van der Waals surface area contributed by atoms with Crippen LogP contribution in [0.4, 0.5) is 0 Å². The predicted octanol–water partition coefficient (Wildman–Crippen LogP) is 3.16. The zero-order chi connectivity index (χ0) is 19.6. The number of hydrogen-bond acceptors (Lipinski definition) is 4. The monoisotopic (exact) mass is 385 g/mol. The SMILES string of the molecule is CC[C@H](O)Cn1c(=O)n(Cc2ccc(OC)c(Cl)c2)c2cc(C#N)ccc21. The van der Waals surface area contributed by atoms with E-state index < -0.39 is 6.10 Å². The van der Waals surface area contributed by atoms with Gasteiger partial charge in [-0.15, -0.1) is 0 Å². The average molecular weight is 386 g/mol. The van der Waals surface area contributed by atoms with Crippen LogP contribution >= 0.6 is 11.6 Å². The van der Waals surface area contributed by atoms with Gasteiger partial charge in [0.25, 0.3) is 0 Å². The second kappa shape index (κ2) is 7.87. The quantitative estimate of drug-likeness (QED) is 0.706. The van der Waals surface area contributed by atoms with E-state index in [1.165, 1.54) is 0 Å². The number of aromatic nitrogens is 2. The molecule has 0 fully saturated rings. The van der Waals surface area contributed by atoms with E-state index in [0.717, 1.165) is 5.56 Å². The summed E-state index contributed by atoms with van der Waals surface area (Å²) >= 11 is 6.20. The van der Waals surface area contributed by atoms with Crippen LogP contribution in [0.2, 0.25) is 5.02 Å². The summed E-state index contributed by atoms with van der Waals surface area (Å²) in [5.74, 6) is 0.563. The summed E-state index contributed by atoms with van der Waals surface area (Å²) in [6.07, 6.45) is -0.0726. The van der Waals surface area contributed by atoms with Gasteiger partial charge in [-0.05, 0) is 42.3 Å². The number of aliphatic hydroxyl groups excluding tert-OH is 1. The molecule has 7 heteroatoms. The Morgan fingerprint density at radius 2 is 2.00 bits per heavy atom. The molecule has 3 aromatic rings. The maximum Gasteiger partial charge on any atom is 0.329 e. The minimum atomic E-state index is -0.618. The van der Waals surface area contributed by atoms with Gasteiger partial charge in [0.2, 0.25) is 0 Å². The highest BCUT2D eigenvalue weighted by Crippen LogP contribution is 2.26. The Balaban J connectivity index is 2.13. The van der Waals surface area contributed by atoms with Crippen molar-refractivity contribution in [2.24, 2.45) is 0 Å². The zero-order valence-electron chi connectivity index (χ0n) is 15.1. The van der Waals surface area contributed by atoms with Gasteiger partial charge in [0.05, 0.1) is 54.0 Å². The smallest absolute Gasteiger partial charge is 0.329 e. The molecule has 0 radical (unpaired) electrons. The fourth-order valence-electron chi connectivity index (χ4n) is 3.05. The molecule has 0 unspecified atom stereocenters. The van der Waals surface area contributed by atoms with Gasteiger partial charge in [-0.1, -0.05) is 24.6 Å². The highest BCUT2D eigenvalue weighted by atomic mass is 35.5. The van der Waals surface area contributed by atoms with Crippen molar-refractivity contribution >= 4 is 22.6 Å². The number of methoxy groups -OCH3 is 1. The van der Waals surface area contributed by atoms with Crippen LogP contribution in [0.5, 0.6) is 5.75 Å². The van der Waals surface area contributed by atoms with E-state index in [-0.39, 0.29) is 12.2 Å². The second-order valence-corrected chi connectivity index (χ2v) is 6.73. The van der Waals surface area contributed by atoms with Crippen LogP contribution < -0.4 is 10.4 Å². The molecule has 0 saturated heterocycles. The van der Waals surface area contributed by atoms with Gasteiger partial charge < -0.3 is 9.84 Å². The Morgan fingerprint density at radius 1 is 1.22 bits per heavy atom. The first-order chi connectivity index (χ1) is 13.0. The molecule has 1 aromatic heterocycles. The number of aliphatic hydroxyl groups is 1. The Hall–Kier alpha value is -2.75. The predicted molar refractivity (Wildman–Crippen MR) is 104 cm³/mol. The molecule has 0 saturated carbocycles. The molecule has 0 aliphatic heterocycles. The van der Waals surface area contributed by atoms with Gasteiger partial charge in [0, 0.05) is 0 Å².